The third-order valence-electron chi connectivity index (χ3n) is 4.04. The van der Waals surface area contributed by atoms with Crippen LogP contribution in [0.4, 0.5) is 0 Å². The number of aryl methyl sites for hydroxylation is 1. The minimum Gasteiger partial charge on any atom is -0.481 e. The molecule has 1 unspecified atom stereocenters. The first-order valence-corrected chi connectivity index (χ1v) is 7.95. The molecule has 1 aromatic carbocycles. The summed E-state index contributed by atoms with van der Waals surface area (Å²) in [4.78, 5) is 27.8. The first-order chi connectivity index (χ1) is 10.9. The fraction of sp³-hybridized carbons (Fsp3) is 0.529. The molecule has 2 atom stereocenters. The summed E-state index contributed by atoms with van der Waals surface area (Å²) in [5, 5.41) is 0. The summed E-state index contributed by atoms with van der Waals surface area (Å²) < 4.78 is 5.78. The van der Waals surface area contributed by atoms with Crippen molar-refractivity contribution in [3.63, 3.8) is 0 Å². The molecule has 7 heteroatoms. The molecule has 1 saturated heterocycles. The van der Waals surface area contributed by atoms with E-state index in [1.165, 1.54) is 0 Å². The van der Waals surface area contributed by atoms with Gasteiger partial charge in [-0.2, -0.15) is 0 Å². The van der Waals surface area contributed by atoms with Crippen LogP contribution in [0, 0.1) is 6.92 Å². The highest BCUT2D eigenvalue weighted by molar-refractivity contribution is 5.85. The Hall–Kier alpha value is -1.79. The molecule has 2 rings (SSSR count). The summed E-state index contributed by atoms with van der Waals surface area (Å²) in [5.74, 6) is 0.599. The molecule has 2 amide bonds. The molecule has 0 spiro atoms. The molecule has 0 aromatic heterocycles. The number of para-hydroxylation sites is 1. The summed E-state index contributed by atoms with van der Waals surface area (Å²) in [6, 6.07) is 7.13. The highest BCUT2D eigenvalue weighted by atomic mass is 35.5. The summed E-state index contributed by atoms with van der Waals surface area (Å²) in [5.41, 5.74) is 6.62. The zero-order chi connectivity index (χ0) is 17.0. The number of ether oxygens (including phenoxy) is 1. The Morgan fingerprint density at radius 3 is 2.04 bits per heavy atom. The van der Waals surface area contributed by atoms with Crippen LogP contribution in [0.15, 0.2) is 24.3 Å². The maximum Gasteiger partial charge on any atom is 0.263 e. The number of carbonyl (C=O) groups excluding carboxylic acids is 2. The van der Waals surface area contributed by atoms with E-state index >= 15 is 0 Å². The van der Waals surface area contributed by atoms with Gasteiger partial charge in [0, 0.05) is 26.2 Å². The van der Waals surface area contributed by atoms with Gasteiger partial charge in [-0.1, -0.05) is 18.2 Å². The summed E-state index contributed by atoms with van der Waals surface area (Å²) in [6.45, 7) is 7.45. The monoisotopic (exact) mass is 355 g/mol. The van der Waals surface area contributed by atoms with Crippen molar-refractivity contribution in [2.45, 2.75) is 32.9 Å². The number of carbonyl (C=O) groups is 2. The van der Waals surface area contributed by atoms with Crippen LogP contribution in [0.3, 0.4) is 0 Å². The molecule has 24 heavy (non-hydrogen) atoms. The van der Waals surface area contributed by atoms with E-state index < -0.39 is 12.1 Å². The average molecular weight is 356 g/mol. The molecule has 0 radical (unpaired) electrons. The topological polar surface area (TPSA) is 75.9 Å². The van der Waals surface area contributed by atoms with Gasteiger partial charge in [-0.3, -0.25) is 9.59 Å². The SMILES string of the molecule is Cc1ccccc1OC(C)C(=O)N1CCN(C(=O)[C@@H](C)N)CC1.Cl. The maximum atomic E-state index is 12.5. The first kappa shape index (κ1) is 20.3. The van der Waals surface area contributed by atoms with Crippen LogP contribution in [-0.2, 0) is 9.59 Å². The number of nitrogens with two attached hydrogens (primary N) is 1. The Balaban J connectivity index is 0.00000288. The van der Waals surface area contributed by atoms with E-state index in [4.69, 9.17) is 10.5 Å². The molecule has 0 aliphatic carbocycles. The van der Waals surface area contributed by atoms with Crippen molar-refractivity contribution in [1.29, 1.82) is 0 Å². The van der Waals surface area contributed by atoms with Gasteiger partial charge in [0.15, 0.2) is 6.10 Å². The zero-order valence-electron chi connectivity index (χ0n) is 14.4. The number of halogens is 1. The van der Waals surface area contributed by atoms with Crippen LogP contribution in [0.2, 0.25) is 0 Å². The van der Waals surface area contributed by atoms with E-state index in [0.29, 0.717) is 26.2 Å². The maximum absolute atomic E-state index is 12.5. The number of amides is 2. The first-order valence-electron chi connectivity index (χ1n) is 7.95. The lowest BCUT2D eigenvalue weighted by Crippen LogP contribution is -2.55. The fourth-order valence-electron chi connectivity index (χ4n) is 2.62. The number of benzene rings is 1. The number of rotatable bonds is 4. The van der Waals surface area contributed by atoms with Gasteiger partial charge in [0.05, 0.1) is 6.04 Å². The second kappa shape index (κ2) is 8.89. The minimum atomic E-state index is -0.549. The van der Waals surface area contributed by atoms with Crippen LogP contribution in [0.1, 0.15) is 19.4 Å². The van der Waals surface area contributed by atoms with Crippen molar-refractivity contribution in [2.75, 3.05) is 26.2 Å². The molecule has 1 aliphatic heterocycles. The molecule has 0 saturated carbocycles. The molecule has 1 aliphatic rings. The van der Waals surface area contributed by atoms with E-state index in [9.17, 15) is 9.59 Å². The number of hydrogen-bond acceptors (Lipinski definition) is 4. The van der Waals surface area contributed by atoms with E-state index in [0.717, 1.165) is 11.3 Å². The van der Waals surface area contributed by atoms with Gasteiger partial charge >= 0.3 is 0 Å². The minimum absolute atomic E-state index is 0. The molecule has 1 fully saturated rings. The Kier molecular flexibility index (Phi) is 7.51. The summed E-state index contributed by atoms with van der Waals surface area (Å²) >= 11 is 0. The van der Waals surface area contributed by atoms with Crippen LogP contribution in [0.25, 0.3) is 0 Å². The fourth-order valence-corrected chi connectivity index (χ4v) is 2.62. The van der Waals surface area contributed by atoms with Gasteiger partial charge in [-0.25, -0.2) is 0 Å². The van der Waals surface area contributed by atoms with E-state index in [1.54, 1.807) is 23.6 Å². The second-order valence-corrected chi connectivity index (χ2v) is 5.96. The van der Waals surface area contributed by atoms with E-state index in [2.05, 4.69) is 0 Å². The highest BCUT2D eigenvalue weighted by Crippen LogP contribution is 2.18. The van der Waals surface area contributed by atoms with Crippen LogP contribution in [0.5, 0.6) is 5.75 Å². The molecule has 1 aromatic rings. The van der Waals surface area contributed by atoms with Crippen molar-refractivity contribution >= 4 is 24.2 Å². The molecule has 1 heterocycles. The van der Waals surface area contributed by atoms with Crippen molar-refractivity contribution in [3.05, 3.63) is 29.8 Å². The lowest BCUT2D eigenvalue weighted by atomic mass is 10.2. The normalized spacial score (nSPS) is 16.8. The smallest absolute Gasteiger partial charge is 0.263 e. The molecular weight excluding hydrogens is 330 g/mol. The van der Waals surface area contributed by atoms with Gasteiger partial charge in [0.1, 0.15) is 5.75 Å². The number of hydrogen-bond donors (Lipinski definition) is 1. The van der Waals surface area contributed by atoms with Gasteiger partial charge in [-0.15, -0.1) is 12.4 Å². The van der Waals surface area contributed by atoms with Crippen LogP contribution in [-0.4, -0.2) is 59.9 Å². The third kappa shape index (κ3) is 4.85. The Labute approximate surface area is 149 Å². The van der Waals surface area contributed by atoms with E-state index in [1.807, 2.05) is 31.2 Å². The Bertz CT molecular complexity index is 572. The zero-order valence-corrected chi connectivity index (χ0v) is 15.2. The van der Waals surface area contributed by atoms with Crippen molar-refractivity contribution in [3.8, 4) is 5.75 Å². The lowest BCUT2D eigenvalue weighted by Gasteiger charge is -2.36. The Morgan fingerprint density at radius 1 is 1.04 bits per heavy atom. The summed E-state index contributed by atoms with van der Waals surface area (Å²) in [6.07, 6.45) is -0.549. The molecule has 6 nitrogen and oxygen atoms in total. The molecule has 0 bridgehead atoms. The third-order valence-corrected chi connectivity index (χ3v) is 4.04. The molecule has 134 valence electrons. The van der Waals surface area contributed by atoms with Gasteiger partial charge in [0.2, 0.25) is 5.91 Å². The average Bonchev–Trinajstić information content (AvgIpc) is 2.55. The van der Waals surface area contributed by atoms with E-state index in [-0.39, 0.29) is 24.2 Å². The predicted molar refractivity (Wildman–Crippen MR) is 95.3 cm³/mol. The predicted octanol–water partition coefficient (Wildman–Crippen LogP) is 1.20. The lowest BCUT2D eigenvalue weighted by molar-refractivity contribution is -0.144. The highest BCUT2D eigenvalue weighted by Gasteiger charge is 2.28. The van der Waals surface area contributed by atoms with Crippen molar-refractivity contribution in [1.82, 2.24) is 9.80 Å². The van der Waals surface area contributed by atoms with Crippen LogP contribution >= 0.6 is 12.4 Å². The van der Waals surface area contributed by atoms with Crippen molar-refractivity contribution in [2.24, 2.45) is 5.73 Å². The second-order valence-electron chi connectivity index (χ2n) is 5.96. The molecular formula is C17H26ClN3O3. The van der Waals surface area contributed by atoms with Gasteiger partial charge < -0.3 is 20.3 Å². The largest absolute Gasteiger partial charge is 0.481 e. The van der Waals surface area contributed by atoms with Crippen LogP contribution < -0.4 is 10.5 Å². The van der Waals surface area contributed by atoms with Crippen molar-refractivity contribution < 1.29 is 14.3 Å². The quantitative estimate of drug-likeness (QED) is 0.880. The standard InChI is InChI=1S/C17H25N3O3.ClH/c1-12-6-4-5-7-15(12)23-14(3)17(22)20-10-8-19(9-11-20)16(21)13(2)18;/h4-7,13-14H,8-11,18H2,1-3H3;1H/t13-,14?;/m1./s1. The van der Waals surface area contributed by atoms with Gasteiger partial charge in [0.25, 0.3) is 5.91 Å². The Morgan fingerprint density at radius 2 is 1.54 bits per heavy atom. The number of piperazine rings is 1. The molecule has 2 N–H and O–H groups in total. The number of nitrogens with zero attached hydrogens (tertiary/aromatic N) is 2. The summed E-state index contributed by atoms with van der Waals surface area (Å²) in [7, 11) is 0. The van der Waals surface area contributed by atoms with Gasteiger partial charge in [-0.05, 0) is 32.4 Å².